The van der Waals surface area contributed by atoms with Gasteiger partial charge in [0, 0.05) is 11.6 Å². The van der Waals surface area contributed by atoms with E-state index in [9.17, 15) is 12.8 Å². The summed E-state index contributed by atoms with van der Waals surface area (Å²) in [6.45, 7) is -0.511. The van der Waals surface area contributed by atoms with Crippen molar-refractivity contribution < 1.29 is 17.9 Å². The molecule has 0 spiro atoms. The van der Waals surface area contributed by atoms with Crippen molar-refractivity contribution in [3.8, 4) is 0 Å². The van der Waals surface area contributed by atoms with Gasteiger partial charge >= 0.3 is 0 Å². The molecule has 0 aliphatic heterocycles. The van der Waals surface area contributed by atoms with Gasteiger partial charge in [0.15, 0.2) is 0 Å². The summed E-state index contributed by atoms with van der Waals surface area (Å²) in [6.07, 6.45) is 3.57. The van der Waals surface area contributed by atoms with Crippen LogP contribution in [0.3, 0.4) is 0 Å². The maximum absolute atomic E-state index is 13.5. The normalized spacial score (nSPS) is 17.0. The lowest BCUT2D eigenvalue weighted by molar-refractivity contribution is 0.281. The summed E-state index contributed by atoms with van der Waals surface area (Å²) in [5.41, 5.74) is 0.0634. The third kappa shape index (κ3) is 3.25. The van der Waals surface area contributed by atoms with Gasteiger partial charge in [-0.3, -0.25) is 0 Å². The predicted octanol–water partition coefficient (Wildman–Crippen LogP) is 2.19. The Morgan fingerprint density at radius 3 is 2.58 bits per heavy atom. The molecule has 1 fully saturated rings. The zero-order valence-corrected chi connectivity index (χ0v) is 11.8. The molecule has 19 heavy (non-hydrogen) atoms. The first kappa shape index (κ1) is 14.7. The second kappa shape index (κ2) is 5.75. The maximum Gasteiger partial charge on any atom is 0.240 e. The molecule has 0 amide bonds. The SMILES string of the molecule is O=S(=O)(NC1CCCC1)c1cc(F)c(Cl)c(CO)c1. The fraction of sp³-hybridized carbons (Fsp3) is 0.500. The Labute approximate surface area is 116 Å². The summed E-state index contributed by atoms with van der Waals surface area (Å²) >= 11 is 5.64. The third-order valence-corrected chi connectivity index (χ3v) is 5.16. The fourth-order valence-corrected chi connectivity index (χ4v) is 3.76. The number of halogens is 2. The van der Waals surface area contributed by atoms with Crippen molar-refractivity contribution in [1.29, 1.82) is 0 Å². The average Bonchev–Trinajstić information content (AvgIpc) is 2.84. The Hall–Kier alpha value is -0.690. The van der Waals surface area contributed by atoms with Crippen molar-refractivity contribution in [2.75, 3.05) is 0 Å². The van der Waals surface area contributed by atoms with Crippen molar-refractivity contribution in [3.63, 3.8) is 0 Å². The highest BCUT2D eigenvalue weighted by Crippen LogP contribution is 2.26. The second-order valence-electron chi connectivity index (χ2n) is 4.64. The van der Waals surface area contributed by atoms with E-state index in [-0.39, 0.29) is 21.5 Å². The van der Waals surface area contributed by atoms with Crippen LogP contribution in [0.2, 0.25) is 5.02 Å². The largest absolute Gasteiger partial charge is 0.392 e. The van der Waals surface area contributed by atoms with Gasteiger partial charge in [-0.25, -0.2) is 17.5 Å². The zero-order chi connectivity index (χ0) is 14.0. The van der Waals surface area contributed by atoms with Crippen LogP contribution < -0.4 is 4.72 Å². The van der Waals surface area contributed by atoms with Gasteiger partial charge in [-0.1, -0.05) is 24.4 Å². The number of hydrogen-bond donors (Lipinski definition) is 2. The lowest BCUT2D eigenvalue weighted by atomic mass is 10.2. The van der Waals surface area contributed by atoms with Crippen molar-refractivity contribution in [3.05, 3.63) is 28.5 Å². The van der Waals surface area contributed by atoms with Gasteiger partial charge in [0.2, 0.25) is 10.0 Å². The summed E-state index contributed by atoms with van der Waals surface area (Å²) in [5, 5.41) is 8.80. The Bertz CT molecular complexity index is 571. The van der Waals surface area contributed by atoms with Crippen LogP contribution in [0.15, 0.2) is 17.0 Å². The van der Waals surface area contributed by atoms with Gasteiger partial charge in [-0.05, 0) is 25.0 Å². The van der Waals surface area contributed by atoms with E-state index in [1.807, 2.05) is 0 Å². The summed E-state index contributed by atoms with van der Waals surface area (Å²) in [5.74, 6) is -0.847. The topological polar surface area (TPSA) is 66.4 Å². The van der Waals surface area contributed by atoms with Gasteiger partial charge in [0.05, 0.1) is 16.5 Å². The number of sulfonamides is 1. The summed E-state index contributed by atoms with van der Waals surface area (Å²) in [4.78, 5) is -0.203. The van der Waals surface area contributed by atoms with Gasteiger partial charge in [0.1, 0.15) is 5.82 Å². The highest BCUT2D eigenvalue weighted by Gasteiger charge is 2.24. The average molecular weight is 308 g/mol. The maximum atomic E-state index is 13.5. The van der Waals surface area contributed by atoms with Crippen molar-refractivity contribution in [2.45, 2.75) is 43.2 Å². The molecule has 0 saturated heterocycles. The van der Waals surface area contributed by atoms with E-state index in [1.165, 1.54) is 6.07 Å². The number of nitrogens with one attached hydrogen (secondary N) is 1. The summed E-state index contributed by atoms with van der Waals surface area (Å²) < 4.78 is 40.3. The van der Waals surface area contributed by atoms with Crippen molar-refractivity contribution in [1.82, 2.24) is 4.72 Å². The van der Waals surface area contributed by atoms with Gasteiger partial charge in [-0.2, -0.15) is 0 Å². The second-order valence-corrected chi connectivity index (χ2v) is 6.73. The Morgan fingerprint density at radius 1 is 1.37 bits per heavy atom. The molecule has 4 nitrogen and oxygen atoms in total. The molecule has 1 aliphatic carbocycles. The van der Waals surface area contributed by atoms with E-state index in [0.29, 0.717) is 0 Å². The Balaban J connectivity index is 2.31. The minimum absolute atomic E-state index is 0.0634. The molecule has 0 atom stereocenters. The van der Waals surface area contributed by atoms with Crippen LogP contribution in [0.25, 0.3) is 0 Å². The molecule has 2 rings (SSSR count). The number of hydrogen-bond acceptors (Lipinski definition) is 3. The summed E-state index contributed by atoms with van der Waals surface area (Å²) in [7, 11) is -3.78. The van der Waals surface area contributed by atoms with Crippen molar-refractivity contribution >= 4 is 21.6 Å². The fourth-order valence-electron chi connectivity index (χ4n) is 2.22. The molecule has 0 aromatic heterocycles. The molecule has 0 unspecified atom stereocenters. The van der Waals surface area contributed by atoms with Crippen LogP contribution in [0, 0.1) is 5.82 Å². The quantitative estimate of drug-likeness (QED) is 0.896. The smallest absolute Gasteiger partial charge is 0.240 e. The molecule has 7 heteroatoms. The van der Waals surface area contributed by atoms with E-state index in [4.69, 9.17) is 16.7 Å². The lowest BCUT2D eigenvalue weighted by Crippen LogP contribution is -2.32. The molecule has 2 N–H and O–H groups in total. The lowest BCUT2D eigenvalue weighted by Gasteiger charge is -2.13. The standard InChI is InChI=1S/C12H15ClFNO3S/c13-12-8(7-16)5-10(6-11(12)14)19(17,18)15-9-3-1-2-4-9/h5-6,9,15-16H,1-4,7H2. The minimum Gasteiger partial charge on any atom is -0.392 e. The monoisotopic (exact) mass is 307 g/mol. The van der Waals surface area contributed by atoms with E-state index < -0.39 is 22.4 Å². The molecule has 106 valence electrons. The van der Waals surface area contributed by atoms with Crippen LogP contribution in [0.4, 0.5) is 4.39 Å². The molecular weight excluding hydrogens is 293 g/mol. The van der Waals surface area contributed by atoms with E-state index in [2.05, 4.69) is 4.72 Å². The van der Waals surface area contributed by atoms with Crippen LogP contribution >= 0.6 is 11.6 Å². The van der Waals surface area contributed by atoms with Crippen molar-refractivity contribution in [2.24, 2.45) is 0 Å². The third-order valence-electron chi connectivity index (χ3n) is 3.23. The first-order valence-electron chi connectivity index (χ1n) is 6.05. The number of rotatable bonds is 4. The van der Waals surface area contributed by atoms with E-state index in [1.54, 1.807) is 0 Å². The first-order chi connectivity index (χ1) is 8.94. The van der Waals surface area contributed by atoms with Crippen LogP contribution in [0.5, 0.6) is 0 Å². The number of aliphatic hydroxyl groups excluding tert-OH is 1. The van der Waals surface area contributed by atoms with Crippen LogP contribution in [-0.2, 0) is 16.6 Å². The van der Waals surface area contributed by atoms with E-state index in [0.717, 1.165) is 31.7 Å². The van der Waals surface area contributed by atoms with Gasteiger partial charge in [0.25, 0.3) is 0 Å². The Morgan fingerprint density at radius 2 is 2.00 bits per heavy atom. The molecule has 0 heterocycles. The zero-order valence-electron chi connectivity index (χ0n) is 10.2. The highest BCUT2D eigenvalue weighted by atomic mass is 35.5. The summed E-state index contributed by atoms with van der Waals surface area (Å²) in [6, 6.07) is 1.97. The molecule has 1 aromatic rings. The first-order valence-corrected chi connectivity index (χ1v) is 7.91. The van der Waals surface area contributed by atoms with Gasteiger partial charge < -0.3 is 5.11 Å². The molecule has 1 aromatic carbocycles. The molecule has 0 bridgehead atoms. The minimum atomic E-state index is -3.78. The molecule has 0 radical (unpaired) electrons. The van der Waals surface area contributed by atoms with Crippen LogP contribution in [0.1, 0.15) is 31.2 Å². The highest BCUT2D eigenvalue weighted by molar-refractivity contribution is 7.89. The Kier molecular flexibility index (Phi) is 4.45. The molecule has 1 aliphatic rings. The van der Waals surface area contributed by atoms with Gasteiger partial charge in [-0.15, -0.1) is 0 Å². The number of benzene rings is 1. The van der Waals surface area contributed by atoms with E-state index >= 15 is 0 Å². The molecule has 1 saturated carbocycles. The molecular formula is C12H15ClFNO3S. The predicted molar refractivity (Wildman–Crippen MR) is 69.9 cm³/mol. The number of aliphatic hydroxyl groups is 1. The van der Waals surface area contributed by atoms with Crippen LogP contribution in [-0.4, -0.2) is 19.6 Å².